The second kappa shape index (κ2) is 8.20. The van der Waals surface area contributed by atoms with E-state index >= 15 is 0 Å². The summed E-state index contributed by atoms with van der Waals surface area (Å²) >= 11 is 1.71. The molecule has 0 aliphatic carbocycles. The third kappa shape index (κ3) is 4.33. The number of thiophene rings is 1. The summed E-state index contributed by atoms with van der Waals surface area (Å²) in [6.45, 7) is 9.18. The minimum Gasteiger partial charge on any atom is -0.380 e. The second-order valence-corrected chi connectivity index (χ2v) is 5.83. The van der Waals surface area contributed by atoms with Crippen LogP contribution < -0.4 is 5.32 Å². The van der Waals surface area contributed by atoms with E-state index in [1.165, 1.54) is 4.88 Å². The number of benzene rings is 1. The molecule has 3 nitrogen and oxygen atoms in total. The molecule has 1 N–H and O–H groups in total. The Hall–Kier alpha value is -2.33. The highest BCUT2D eigenvalue weighted by atomic mass is 32.1. The minimum absolute atomic E-state index is 0.0143. The van der Waals surface area contributed by atoms with Crippen LogP contribution in [0, 0.1) is 0 Å². The molecular formula is C18H20N2OS. The molecule has 0 atom stereocenters. The maximum absolute atomic E-state index is 12.5. The lowest BCUT2D eigenvalue weighted by Crippen LogP contribution is -2.31. The van der Waals surface area contributed by atoms with Gasteiger partial charge in [-0.25, -0.2) is 0 Å². The molecule has 0 spiro atoms. The van der Waals surface area contributed by atoms with Crippen LogP contribution in [0.2, 0.25) is 0 Å². The number of carbonyl (C=O) groups is 1. The lowest BCUT2D eigenvalue weighted by molar-refractivity contribution is 0.0791. The number of rotatable bonds is 8. The van der Waals surface area contributed by atoms with E-state index in [-0.39, 0.29) is 5.91 Å². The predicted molar refractivity (Wildman–Crippen MR) is 94.4 cm³/mol. The zero-order valence-electron chi connectivity index (χ0n) is 12.5. The number of nitrogens with one attached hydrogen (secondary N) is 1. The molecule has 0 saturated heterocycles. The molecule has 1 heterocycles. The Kier molecular flexibility index (Phi) is 5.98. The fraction of sp³-hybridized carbons (Fsp3) is 0.167. The van der Waals surface area contributed by atoms with Crippen LogP contribution in [0.4, 0.5) is 5.69 Å². The lowest BCUT2D eigenvalue weighted by atomic mass is 10.1. The monoisotopic (exact) mass is 312 g/mol. The molecule has 1 aromatic carbocycles. The third-order valence-corrected chi connectivity index (χ3v) is 4.02. The predicted octanol–water partition coefficient (Wildman–Crippen LogP) is 4.17. The zero-order valence-corrected chi connectivity index (χ0v) is 13.3. The smallest absolute Gasteiger partial charge is 0.254 e. The fourth-order valence-corrected chi connectivity index (χ4v) is 2.74. The molecule has 0 fully saturated rings. The topological polar surface area (TPSA) is 32.3 Å². The van der Waals surface area contributed by atoms with E-state index in [1.807, 2.05) is 30.3 Å². The average molecular weight is 312 g/mol. The van der Waals surface area contributed by atoms with Crippen molar-refractivity contribution in [2.75, 3.05) is 18.4 Å². The summed E-state index contributed by atoms with van der Waals surface area (Å²) in [5, 5.41) is 5.40. The molecule has 2 rings (SSSR count). The van der Waals surface area contributed by atoms with E-state index in [2.05, 4.69) is 29.9 Å². The molecule has 0 saturated carbocycles. The van der Waals surface area contributed by atoms with Gasteiger partial charge in [-0.1, -0.05) is 24.3 Å². The second-order valence-electron chi connectivity index (χ2n) is 4.80. The Morgan fingerprint density at radius 3 is 2.59 bits per heavy atom. The number of hydrogen-bond donors (Lipinski definition) is 1. The normalized spacial score (nSPS) is 10.0. The first-order chi connectivity index (χ1) is 10.7. The van der Waals surface area contributed by atoms with Crippen molar-refractivity contribution in [3.05, 3.63) is 77.5 Å². The Morgan fingerprint density at radius 2 is 1.95 bits per heavy atom. The molecule has 0 unspecified atom stereocenters. The molecule has 0 bridgehead atoms. The van der Waals surface area contributed by atoms with Crippen molar-refractivity contribution in [1.82, 2.24) is 4.90 Å². The summed E-state index contributed by atoms with van der Waals surface area (Å²) in [4.78, 5) is 15.5. The summed E-state index contributed by atoms with van der Waals surface area (Å²) in [5.74, 6) is -0.0143. The van der Waals surface area contributed by atoms with E-state index in [0.29, 0.717) is 18.7 Å². The Balaban J connectivity index is 2.07. The fourth-order valence-electron chi connectivity index (χ4n) is 2.10. The molecule has 0 radical (unpaired) electrons. The lowest BCUT2D eigenvalue weighted by Gasteiger charge is -2.19. The largest absolute Gasteiger partial charge is 0.380 e. The van der Waals surface area contributed by atoms with Gasteiger partial charge in [0.2, 0.25) is 0 Å². The molecule has 1 aromatic heterocycles. The summed E-state index contributed by atoms with van der Waals surface area (Å²) in [7, 11) is 0. The summed E-state index contributed by atoms with van der Waals surface area (Å²) in [5.41, 5.74) is 1.61. The van der Waals surface area contributed by atoms with Gasteiger partial charge in [0.25, 0.3) is 5.91 Å². The van der Waals surface area contributed by atoms with E-state index in [9.17, 15) is 4.79 Å². The van der Waals surface area contributed by atoms with Crippen LogP contribution in [0.1, 0.15) is 15.2 Å². The van der Waals surface area contributed by atoms with E-state index in [0.717, 1.165) is 12.2 Å². The first-order valence-electron chi connectivity index (χ1n) is 7.12. The van der Waals surface area contributed by atoms with Crippen LogP contribution in [0.15, 0.2) is 67.1 Å². The van der Waals surface area contributed by atoms with E-state index in [4.69, 9.17) is 0 Å². The van der Waals surface area contributed by atoms with Gasteiger partial charge >= 0.3 is 0 Å². The van der Waals surface area contributed by atoms with Gasteiger partial charge in [0, 0.05) is 35.8 Å². The van der Waals surface area contributed by atoms with Crippen LogP contribution in [0.5, 0.6) is 0 Å². The first kappa shape index (κ1) is 16.0. The van der Waals surface area contributed by atoms with Crippen LogP contribution in [0.3, 0.4) is 0 Å². The number of carbonyl (C=O) groups excluding carboxylic acids is 1. The maximum Gasteiger partial charge on any atom is 0.254 e. The van der Waals surface area contributed by atoms with Crippen molar-refractivity contribution in [2.45, 2.75) is 6.54 Å². The summed E-state index contributed by atoms with van der Waals surface area (Å²) in [6, 6.07) is 11.7. The van der Waals surface area contributed by atoms with Gasteiger partial charge in [0.05, 0.1) is 0 Å². The Labute approximate surface area is 135 Å². The van der Waals surface area contributed by atoms with Crippen molar-refractivity contribution >= 4 is 22.9 Å². The number of nitrogens with zero attached hydrogens (tertiary/aromatic N) is 1. The van der Waals surface area contributed by atoms with Crippen molar-refractivity contribution in [2.24, 2.45) is 0 Å². The molecule has 4 heteroatoms. The molecule has 2 aromatic rings. The van der Waals surface area contributed by atoms with Gasteiger partial charge < -0.3 is 10.2 Å². The molecular weight excluding hydrogens is 292 g/mol. The van der Waals surface area contributed by atoms with Crippen molar-refractivity contribution in [1.29, 1.82) is 0 Å². The first-order valence-corrected chi connectivity index (χ1v) is 8.00. The minimum atomic E-state index is -0.0143. The third-order valence-electron chi connectivity index (χ3n) is 3.14. The molecule has 22 heavy (non-hydrogen) atoms. The van der Waals surface area contributed by atoms with E-state index in [1.54, 1.807) is 28.4 Å². The molecule has 0 aliphatic heterocycles. The quantitative estimate of drug-likeness (QED) is 0.742. The highest BCUT2D eigenvalue weighted by Crippen LogP contribution is 2.16. The van der Waals surface area contributed by atoms with Gasteiger partial charge in [-0.05, 0) is 29.6 Å². The van der Waals surface area contributed by atoms with Gasteiger partial charge in [-0.3, -0.25) is 4.79 Å². The number of anilines is 1. The molecule has 0 aliphatic rings. The SMILES string of the molecule is C=CCN(CC=C)C(=O)c1cccc(NCc2cccs2)c1. The zero-order chi connectivity index (χ0) is 15.8. The van der Waals surface area contributed by atoms with Crippen molar-refractivity contribution < 1.29 is 4.79 Å². The molecule has 1 amide bonds. The summed E-state index contributed by atoms with van der Waals surface area (Å²) < 4.78 is 0. The van der Waals surface area contributed by atoms with Crippen molar-refractivity contribution in [3.8, 4) is 0 Å². The Bertz CT molecular complexity index is 624. The van der Waals surface area contributed by atoms with Gasteiger partial charge in [-0.2, -0.15) is 0 Å². The van der Waals surface area contributed by atoms with Gasteiger partial charge in [-0.15, -0.1) is 24.5 Å². The van der Waals surface area contributed by atoms with E-state index < -0.39 is 0 Å². The van der Waals surface area contributed by atoms with Crippen LogP contribution >= 0.6 is 11.3 Å². The number of hydrogen-bond acceptors (Lipinski definition) is 3. The summed E-state index contributed by atoms with van der Waals surface area (Å²) in [6.07, 6.45) is 3.45. The molecule has 114 valence electrons. The van der Waals surface area contributed by atoms with Crippen LogP contribution in [-0.4, -0.2) is 23.9 Å². The van der Waals surface area contributed by atoms with Gasteiger partial charge in [0.15, 0.2) is 0 Å². The number of amides is 1. The van der Waals surface area contributed by atoms with Gasteiger partial charge in [0.1, 0.15) is 0 Å². The van der Waals surface area contributed by atoms with Crippen LogP contribution in [0.25, 0.3) is 0 Å². The van der Waals surface area contributed by atoms with Crippen molar-refractivity contribution in [3.63, 3.8) is 0 Å². The highest BCUT2D eigenvalue weighted by Gasteiger charge is 2.13. The Morgan fingerprint density at radius 1 is 1.18 bits per heavy atom. The average Bonchev–Trinajstić information content (AvgIpc) is 3.06. The van der Waals surface area contributed by atoms with Crippen LogP contribution in [-0.2, 0) is 6.54 Å². The standard InChI is InChI=1S/C18H20N2OS/c1-3-10-20(11-4-2)18(21)15-7-5-8-16(13-15)19-14-17-9-6-12-22-17/h3-9,12-13,19H,1-2,10-11,14H2. The maximum atomic E-state index is 12.5. The highest BCUT2D eigenvalue weighted by molar-refractivity contribution is 7.09.